The number of nitrogens with one attached hydrogen (secondary N) is 1. The number of alkyl halides is 2. The Kier molecular flexibility index (Phi) is 6.45. The summed E-state index contributed by atoms with van der Waals surface area (Å²) in [5.74, 6) is -0.859. The topological polar surface area (TPSA) is 144 Å². The first-order valence-corrected chi connectivity index (χ1v) is 11.5. The van der Waals surface area contributed by atoms with Gasteiger partial charge in [0.25, 0.3) is 0 Å². The average molecular weight is 494 g/mol. The molecular weight excluding hydrogens is 474 g/mol. The van der Waals surface area contributed by atoms with Crippen LogP contribution in [-0.2, 0) is 16.9 Å². The summed E-state index contributed by atoms with van der Waals surface area (Å²) in [6.07, 6.45) is 4.79. The Morgan fingerprint density at radius 3 is 2.82 bits per heavy atom. The number of aromatic nitrogens is 5. The van der Waals surface area contributed by atoms with E-state index in [-0.39, 0.29) is 27.6 Å². The minimum atomic E-state index is -3.89. The third-order valence-corrected chi connectivity index (χ3v) is 6.56. The number of halogens is 2. The van der Waals surface area contributed by atoms with Gasteiger partial charge in [-0.15, -0.1) is 0 Å². The number of sulfone groups is 1. The van der Waals surface area contributed by atoms with Crippen molar-refractivity contribution < 1.29 is 32.1 Å². The van der Waals surface area contributed by atoms with Gasteiger partial charge in [0.1, 0.15) is 11.4 Å². The summed E-state index contributed by atoms with van der Waals surface area (Å²) in [7, 11) is -2.32. The van der Waals surface area contributed by atoms with Gasteiger partial charge in [-0.1, -0.05) is 0 Å². The fourth-order valence-corrected chi connectivity index (χ4v) is 4.43. The second-order valence-electron chi connectivity index (χ2n) is 7.18. The van der Waals surface area contributed by atoms with Crippen molar-refractivity contribution in [2.75, 3.05) is 17.7 Å². The van der Waals surface area contributed by atoms with Crippen LogP contribution in [0.3, 0.4) is 0 Å². The van der Waals surface area contributed by atoms with Crippen molar-refractivity contribution in [1.29, 1.82) is 0 Å². The molecule has 3 aromatic heterocycles. The second-order valence-corrected chi connectivity index (χ2v) is 9.29. The van der Waals surface area contributed by atoms with E-state index in [9.17, 15) is 22.3 Å². The van der Waals surface area contributed by atoms with Crippen molar-refractivity contribution in [2.24, 2.45) is 7.05 Å². The van der Waals surface area contributed by atoms with E-state index < -0.39 is 35.0 Å². The van der Waals surface area contributed by atoms with Crippen LogP contribution in [0.15, 0.2) is 53.9 Å². The Hall–Kier alpha value is -3.62. The highest BCUT2D eigenvalue weighted by Gasteiger charge is 2.24. The van der Waals surface area contributed by atoms with Gasteiger partial charge in [-0.2, -0.15) is 19.0 Å². The number of aliphatic hydroxyl groups excluding tert-OH is 2. The number of anilines is 1. The van der Waals surface area contributed by atoms with Gasteiger partial charge in [0.05, 0.1) is 34.7 Å². The van der Waals surface area contributed by atoms with Crippen molar-refractivity contribution >= 4 is 21.2 Å². The Morgan fingerprint density at radius 1 is 1.29 bits per heavy atom. The molecule has 34 heavy (non-hydrogen) atoms. The van der Waals surface area contributed by atoms with Crippen LogP contribution in [0.1, 0.15) is 11.8 Å². The summed E-state index contributed by atoms with van der Waals surface area (Å²) in [6.45, 7) is -3.78. The molecule has 4 aromatic rings. The zero-order valence-corrected chi connectivity index (χ0v) is 18.5. The lowest BCUT2D eigenvalue weighted by atomic mass is 10.1. The molecule has 0 aliphatic heterocycles. The largest absolute Gasteiger partial charge is 0.434 e. The lowest BCUT2D eigenvalue weighted by Crippen LogP contribution is -2.12. The van der Waals surface area contributed by atoms with Gasteiger partial charge in [-0.3, -0.25) is 4.68 Å². The van der Waals surface area contributed by atoms with Crippen LogP contribution in [-0.4, -0.2) is 62.0 Å². The molecule has 3 heterocycles. The fraction of sp³-hybridized carbons (Fsp3) is 0.250. The molecule has 3 N–H and O–H groups in total. The number of hydrogen-bond acceptors (Lipinski definition) is 9. The summed E-state index contributed by atoms with van der Waals surface area (Å²) < 4.78 is 58.4. The first-order valence-electron chi connectivity index (χ1n) is 9.89. The van der Waals surface area contributed by atoms with E-state index in [4.69, 9.17) is 5.11 Å². The predicted molar refractivity (Wildman–Crippen MR) is 116 cm³/mol. The molecule has 0 aliphatic rings. The number of rotatable bonds is 9. The Labute approximate surface area is 192 Å². The van der Waals surface area contributed by atoms with Gasteiger partial charge in [-0.05, 0) is 24.3 Å². The van der Waals surface area contributed by atoms with Crippen molar-refractivity contribution in [3.05, 3.63) is 54.6 Å². The van der Waals surface area contributed by atoms with Gasteiger partial charge in [0.2, 0.25) is 0 Å². The van der Waals surface area contributed by atoms with Crippen molar-refractivity contribution in [3.63, 3.8) is 0 Å². The van der Waals surface area contributed by atoms with Crippen molar-refractivity contribution in [1.82, 2.24) is 24.4 Å². The maximum atomic E-state index is 13.1. The molecule has 0 saturated carbocycles. The van der Waals surface area contributed by atoms with Gasteiger partial charge in [0, 0.05) is 31.2 Å². The smallest absolute Gasteiger partial charge is 0.387 e. The molecule has 180 valence electrons. The summed E-state index contributed by atoms with van der Waals surface area (Å²) >= 11 is 0. The van der Waals surface area contributed by atoms with E-state index >= 15 is 0 Å². The summed E-state index contributed by atoms with van der Waals surface area (Å²) in [5, 5.41) is 31.1. The van der Waals surface area contributed by atoms with Gasteiger partial charge < -0.3 is 20.3 Å². The van der Waals surface area contributed by atoms with Crippen LogP contribution < -0.4 is 10.1 Å². The van der Waals surface area contributed by atoms with Crippen molar-refractivity contribution in [2.45, 2.75) is 17.7 Å². The molecule has 0 aliphatic carbocycles. The molecule has 14 heteroatoms. The number of nitrogens with zero attached hydrogens (tertiary/aromatic N) is 5. The Morgan fingerprint density at radius 2 is 2.09 bits per heavy atom. The standard InChI is InChI=1S/C20H20F2N6O5S/c1-27-11-15(25-19(30)14-10-24-28-6-2-5-23-18(14)28)17(26-27)13-9-12(34(31,32)8-7-29)3-4-16(13)33-20(21)22/h2-6,9-11,19-20,25,29-30H,7-8H2,1H3. The molecule has 0 radical (unpaired) electrons. The molecule has 1 unspecified atom stereocenters. The minimum absolute atomic E-state index is 0.0485. The monoisotopic (exact) mass is 494 g/mol. The van der Waals surface area contributed by atoms with E-state index in [1.807, 2.05) is 0 Å². The number of fused-ring (bicyclic) bond motifs is 1. The van der Waals surface area contributed by atoms with Crippen LogP contribution in [0.5, 0.6) is 5.75 Å². The molecule has 4 rings (SSSR count). The van der Waals surface area contributed by atoms with Gasteiger partial charge >= 0.3 is 6.61 Å². The summed E-state index contributed by atoms with van der Waals surface area (Å²) in [5.41, 5.74) is 0.960. The van der Waals surface area contributed by atoms with E-state index in [2.05, 4.69) is 25.2 Å². The maximum Gasteiger partial charge on any atom is 0.387 e. The molecule has 11 nitrogen and oxygen atoms in total. The molecule has 0 amide bonds. The number of aryl methyl sites for hydroxylation is 1. The highest BCUT2D eigenvalue weighted by molar-refractivity contribution is 7.91. The molecule has 1 aromatic carbocycles. The van der Waals surface area contributed by atoms with Crippen molar-refractivity contribution in [3.8, 4) is 17.0 Å². The summed E-state index contributed by atoms with van der Waals surface area (Å²) in [4.78, 5) is 3.98. The quantitative estimate of drug-likeness (QED) is 0.296. The van der Waals surface area contributed by atoms with Crippen LogP contribution in [0.4, 0.5) is 14.5 Å². The molecule has 0 spiro atoms. The molecule has 0 fully saturated rings. The lowest BCUT2D eigenvalue weighted by Gasteiger charge is -2.15. The summed E-state index contributed by atoms with van der Waals surface area (Å²) in [6, 6.07) is 5.02. The zero-order chi connectivity index (χ0) is 24.5. The number of hydrogen-bond donors (Lipinski definition) is 3. The van der Waals surface area contributed by atoms with E-state index in [1.54, 1.807) is 19.3 Å². The average Bonchev–Trinajstić information content (AvgIpc) is 3.36. The molecular formula is C20H20F2N6O5S. The van der Waals surface area contributed by atoms with E-state index in [1.165, 1.54) is 27.8 Å². The normalized spacial score (nSPS) is 12.9. The number of benzene rings is 1. The third-order valence-electron chi connectivity index (χ3n) is 4.86. The minimum Gasteiger partial charge on any atom is -0.434 e. The first kappa shape index (κ1) is 23.5. The van der Waals surface area contributed by atoms with Gasteiger partial charge in [0.15, 0.2) is 21.7 Å². The van der Waals surface area contributed by atoms with Gasteiger partial charge in [-0.25, -0.2) is 17.9 Å². The Balaban J connectivity index is 1.77. The lowest BCUT2D eigenvalue weighted by molar-refractivity contribution is -0.0494. The van der Waals surface area contributed by atoms with E-state index in [0.717, 1.165) is 18.2 Å². The molecule has 1 atom stereocenters. The number of aliphatic hydroxyl groups is 2. The highest BCUT2D eigenvalue weighted by Crippen LogP contribution is 2.38. The van der Waals surface area contributed by atoms with Crippen LogP contribution in [0, 0.1) is 0 Å². The third kappa shape index (κ3) is 4.69. The van der Waals surface area contributed by atoms with E-state index in [0.29, 0.717) is 11.2 Å². The second kappa shape index (κ2) is 9.32. The highest BCUT2D eigenvalue weighted by atomic mass is 32.2. The first-order chi connectivity index (χ1) is 16.2. The number of ether oxygens (including phenoxy) is 1. The molecule has 0 saturated heterocycles. The predicted octanol–water partition coefficient (Wildman–Crippen LogP) is 1.60. The zero-order valence-electron chi connectivity index (χ0n) is 17.7. The maximum absolute atomic E-state index is 13.1. The van der Waals surface area contributed by atoms with Crippen LogP contribution in [0.2, 0.25) is 0 Å². The SMILES string of the molecule is Cn1cc(NC(O)c2cnn3cccnc23)c(-c2cc(S(=O)(=O)CCO)ccc2OC(F)F)n1. The fourth-order valence-electron chi connectivity index (χ4n) is 3.38. The van der Waals surface area contributed by atoms with Crippen LogP contribution >= 0.6 is 0 Å². The van der Waals surface area contributed by atoms with Crippen LogP contribution in [0.25, 0.3) is 16.9 Å². The Bertz CT molecular complexity index is 1420. The molecule has 0 bridgehead atoms.